The molecule has 0 unspecified atom stereocenters. The molecule has 2 rings (SSSR count). The van der Waals surface area contributed by atoms with E-state index in [-0.39, 0.29) is 17.2 Å². The highest BCUT2D eigenvalue weighted by Crippen LogP contribution is 2.21. The minimum Gasteiger partial charge on any atom is -0.338 e. The Morgan fingerprint density at radius 3 is 2.81 bits per heavy atom. The summed E-state index contributed by atoms with van der Waals surface area (Å²) in [5.41, 5.74) is 1.27. The fourth-order valence-electron chi connectivity index (χ4n) is 2.49. The minimum absolute atomic E-state index is 0.0221. The van der Waals surface area contributed by atoms with Crippen LogP contribution in [0.3, 0.4) is 0 Å². The van der Waals surface area contributed by atoms with Gasteiger partial charge in [0.1, 0.15) is 0 Å². The number of benzene rings is 1. The molecular weight excluding hydrogens is 370 g/mol. The van der Waals surface area contributed by atoms with E-state index in [4.69, 9.17) is 11.6 Å². The zero-order chi connectivity index (χ0) is 19.3. The van der Waals surface area contributed by atoms with E-state index < -0.39 is 0 Å². The van der Waals surface area contributed by atoms with Crippen molar-refractivity contribution in [1.82, 2.24) is 14.5 Å². The van der Waals surface area contributed by atoms with Crippen LogP contribution in [-0.2, 0) is 11.3 Å². The van der Waals surface area contributed by atoms with Gasteiger partial charge in [-0.2, -0.15) is 0 Å². The number of likely N-dealkylation sites (N-methyl/N-ethyl adjacent to an activating group) is 1. The van der Waals surface area contributed by atoms with Gasteiger partial charge in [0.15, 0.2) is 5.16 Å². The molecule has 2 aromatic rings. The number of aromatic nitrogens is 2. The van der Waals surface area contributed by atoms with Crippen LogP contribution in [0.2, 0.25) is 5.02 Å². The van der Waals surface area contributed by atoms with Crippen LogP contribution in [0.5, 0.6) is 0 Å². The number of nitrogens with zero attached hydrogens (tertiary/aromatic N) is 3. The van der Waals surface area contributed by atoms with E-state index in [1.165, 1.54) is 16.3 Å². The lowest BCUT2D eigenvalue weighted by atomic mass is 10.2. The Balaban J connectivity index is 2.34. The molecule has 7 heteroatoms. The number of allylic oxidation sites excluding steroid dienone is 1. The third-order valence-electron chi connectivity index (χ3n) is 3.71. The summed E-state index contributed by atoms with van der Waals surface area (Å²) in [4.78, 5) is 31.5. The number of amides is 1. The van der Waals surface area contributed by atoms with Gasteiger partial charge in [-0.25, -0.2) is 4.98 Å². The molecule has 0 saturated heterocycles. The predicted octanol–water partition coefficient (Wildman–Crippen LogP) is 3.75. The Hall–Kier alpha value is -2.05. The molecule has 1 amide bonds. The number of carbonyl (C=O) groups excluding carboxylic acids is 1. The highest BCUT2D eigenvalue weighted by molar-refractivity contribution is 7.99. The average Bonchev–Trinajstić information content (AvgIpc) is 2.59. The van der Waals surface area contributed by atoms with Crippen molar-refractivity contribution in [3.05, 3.63) is 58.4 Å². The van der Waals surface area contributed by atoms with Gasteiger partial charge in [-0.15, -0.1) is 6.58 Å². The Bertz CT molecular complexity index is 908. The summed E-state index contributed by atoms with van der Waals surface area (Å²) >= 11 is 7.26. The minimum atomic E-state index is -0.171. The van der Waals surface area contributed by atoms with Crippen molar-refractivity contribution in [3.8, 4) is 0 Å². The lowest BCUT2D eigenvalue weighted by Crippen LogP contribution is -2.33. The molecule has 1 heterocycles. The van der Waals surface area contributed by atoms with E-state index in [9.17, 15) is 9.59 Å². The fraction of sp³-hybridized carbons (Fsp3) is 0.316. The molecule has 0 aliphatic carbocycles. The second-order valence-corrected chi connectivity index (χ2v) is 7.29. The van der Waals surface area contributed by atoms with Crippen LogP contribution in [0.4, 0.5) is 0 Å². The monoisotopic (exact) mass is 391 g/mol. The van der Waals surface area contributed by atoms with Crippen LogP contribution < -0.4 is 5.56 Å². The Labute approximate surface area is 162 Å². The average molecular weight is 392 g/mol. The van der Waals surface area contributed by atoms with Gasteiger partial charge in [-0.3, -0.25) is 14.2 Å². The summed E-state index contributed by atoms with van der Waals surface area (Å²) in [6.45, 7) is 12.8. The van der Waals surface area contributed by atoms with Crippen molar-refractivity contribution in [2.45, 2.75) is 25.5 Å². The smallest absolute Gasteiger partial charge is 0.262 e. The summed E-state index contributed by atoms with van der Waals surface area (Å²) in [5, 5.41) is 1.48. The van der Waals surface area contributed by atoms with Crippen LogP contribution >= 0.6 is 23.4 Å². The SMILES string of the molecule is C=CCn1c(SCC(=O)N(CC)CC(=C)C)nc2cc(Cl)ccc2c1=O. The van der Waals surface area contributed by atoms with Crippen molar-refractivity contribution >= 4 is 40.2 Å². The van der Waals surface area contributed by atoms with Gasteiger partial charge in [0.2, 0.25) is 5.91 Å². The van der Waals surface area contributed by atoms with E-state index in [0.717, 1.165) is 5.57 Å². The molecule has 0 bridgehead atoms. The number of rotatable bonds is 8. The topological polar surface area (TPSA) is 55.2 Å². The highest BCUT2D eigenvalue weighted by atomic mass is 35.5. The maximum atomic E-state index is 12.7. The fourth-order valence-corrected chi connectivity index (χ4v) is 3.57. The molecule has 138 valence electrons. The van der Waals surface area contributed by atoms with Gasteiger partial charge in [-0.1, -0.05) is 41.6 Å². The standard InChI is InChI=1S/C19H22ClN3O2S/c1-5-9-23-18(25)15-8-7-14(20)10-16(15)21-19(23)26-12-17(24)22(6-2)11-13(3)4/h5,7-8,10H,1,3,6,9,11-12H2,2,4H3. The van der Waals surface area contributed by atoms with E-state index in [2.05, 4.69) is 18.1 Å². The van der Waals surface area contributed by atoms with Crippen molar-refractivity contribution in [2.75, 3.05) is 18.8 Å². The Kier molecular flexibility index (Phi) is 7.06. The lowest BCUT2D eigenvalue weighted by Gasteiger charge is -2.21. The molecular formula is C19H22ClN3O2S. The Morgan fingerprint density at radius 2 is 2.19 bits per heavy atom. The van der Waals surface area contributed by atoms with Gasteiger partial charge in [0.05, 0.1) is 16.7 Å². The van der Waals surface area contributed by atoms with E-state index in [0.29, 0.717) is 40.7 Å². The number of halogens is 1. The summed E-state index contributed by atoms with van der Waals surface area (Å²) in [7, 11) is 0. The molecule has 0 atom stereocenters. The summed E-state index contributed by atoms with van der Waals surface area (Å²) in [6, 6.07) is 4.98. The summed E-state index contributed by atoms with van der Waals surface area (Å²) in [5.74, 6) is 0.169. The summed E-state index contributed by atoms with van der Waals surface area (Å²) < 4.78 is 1.52. The highest BCUT2D eigenvalue weighted by Gasteiger charge is 2.16. The molecule has 26 heavy (non-hydrogen) atoms. The van der Waals surface area contributed by atoms with Crippen molar-refractivity contribution in [1.29, 1.82) is 0 Å². The van der Waals surface area contributed by atoms with Gasteiger partial charge in [0, 0.05) is 24.7 Å². The maximum absolute atomic E-state index is 12.7. The molecule has 0 aliphatic heterocycles. The third kappa shape index (κ3) is 4.77. The molecule has 0 aliphatic rings. The van der Waals surface area contributed by atoms with Crippen LogP contribution in [0, 0.1) is 0 Å². The molecule has 1 aromatic heterocycles. The zero-order valence-electron chi connectivity index (χ0n) is 15.0. The molecule has 0 radical (unpaired) electrons. The molecule has 0 spiro atoms. The van der Waals surface area contributed by atoms with E-state index in [1.807, 2.05) is 13.8 Å². The largest absolute Gasteiger partial charge is 0.338 e. The lowest BCUT2D eigenvalue weighted by molar-refractivity contribution is -0.127. The molecule has 0 N–H and O–H groups in total. The number of fused-ring (bicyclic) bond motifs is 1. The van der Waals surface area contributed by atoms with Crippen molar-refractivity contribution in [2.24, 2.45) is 0 Å². The molecule has 1 aromatic carbocycles. The van der Waals surface area contributed by atoms with Crippen molar-refractivity contribution in [3.63, 3.8) is 0 Å². The number of hydrogen-bond acceptors (Lipinski definition) is 4. The predicted molar refractivity (Wildman–Crippen MR) is 109 cm³/mol. The van der Waals surface area contributed by atoms with Gasteiger partial charge < -0.3 is 4.90 Å². The number of carbonyl (C=O) groups is 1. The van der Waals surface area contributed by atoms with Crippen molar-refractivity contribution < 1.29 is 4.79 Å². The van der Waals surface area contributed by atoms with Crippen LogP contribution in [0.1, 0.15) is 13.8 Å². The maximum Gasteiger partial charge on any atom is 0.262 e. The van der Waals surface area contributed by atoms with E-state index >= 15 is 0 Å². The van der Waals surface area contributed by atoms with Crippen LogP contribution in [-0.4, -0.2) is 39.2 Å². The number of hydrogen-bond donors (Lipinski definition) is 0. The number of thioether (sulfide) groups is 1. The summed E-state index contributed by atoms with van der Waals surface area (Å²) in [6.07, 6.45) is 1.64. The van der Waals surface area contributed by atoms with Gasteiger partial charge >= 0.3 is 0 Å². The first-order valence-corrected chi connectivity index (χ1v) is 9.59. The quantitative estimate of drug-likeness (QED) is 0.390. The van der Waals surface area contributed by atoms with Crippen LogP contribution in [0.25, 0.3) is 10.9 Å². The first kappa shape index (κ1) is 20.3. The molecule has 5 nitrogen and oxygen atoms in total. The molecule has 0 fully saturated rings. The van der Waals surface area contributed by atoms with E-state index in [1.54, 1.807) is 29.2 Å². The normalized spacial score (nSPS) is 10.7. The first-order chi connectivity index (χ1) is 12.4. The second kappa shape index (κ2) is 9.05. The Morgan fingerprint density at radius 1 is 1.46 bits per heavy atom. The first-order valence-electron chi connectivity index (χ1n) is 8.23. The van der Waals surface area contributed by atoms with Crippen LogP contribution in [0.15, 0.2) is 53.0 Å². The van der Waals surface area contributed by atoms with Gasteiger partial charge in [-0.05, 0) is 32.0 Å². The zero-order valence-corrected chi connectivity index (χ0v) is 16.6. The van der Waals surface area contributed by atoms with Gasteiger partial charge in [0.25, 0.3) is 5.56 Å². The molecule has 0 saturated carbocycles. The third-order valence-corrected chi connectivity index (χ3v) is 4.91. The second-order valence-electron chi connectivity index (χ2n) is 5.91.